The molecule has 3 heterocycles. The van der Waals surface area contributed by atoms with Gasteiger partial charge >= 0.3 is 0 Å². The molecule has 7 nitrogen and oxygen atoms in total. The number of thioether (sulfide) groups is 1. The summed E-state index contributed by atoms with van der Waals surface area (Å²) in [5.74, 6) is -0.108. The van der Waals surface area contributed by atoms with Gasteiger partial charge in [0.2, 0.25) is 5.91 Å². The molecule has 1 fully saturated rings. The van der Waals surface area contributed by atoms with Crippen molar-refractivity contribution in [2.45, 2.75) is 24.0 Å². The van der Waals surface area contributed by atoms with Crippen LogP contribution in [0.1, 0.15) is 13.3 Å². The van der Waals surface area contributed by atoms with Crippen LogP contribution >= 0.6 is 35.0 Å². The van der Waals surface area contributed by atoms with E-state index in [1.54, 1.807) is 23.6 Å². The summed E-state index contributed by atoms with van der Waals surface area (Å²) in [4.78, 5) is 12.1. The van der Waals surface area contributed by atoms with Gasteiger partial charge in [0.15, 0.2) is 20.6 Å². The van der Waals surface area contributed by atoms with Crippen molar-refractivity contribution in [3.8, 4) is 0 Å². The molecule has 0 bridgehead atoms. The molecule has 0 radical (unpaired) electrons. The predicted octanol–water partition coefficient (Wildman–Crippen LogP) is 1.82. The minimum Gasteiger partial charge on any atom is -0.349 e. The van der Waals surface area contributed by atoms with Crippen LogP contribution in [0.25, 0.3) is 5.65 Å². The van der Waals surface area contributed by atoms with Crippen molar-refractivity contribution in [2.75, 3.05) is 17.3 Å². The maximum Gasteiger partial charge on any atom is 0.230 e. The van der Waals surface area contributed by atoms with Crippen molar-refractivity contribution in [3.63, 3.8) is 0 Å². The second-order valence-electron chi connectivity index (χ2n) is 5.92. The number of rotatable bonds is 4. The quantitative estimate of drug-likeness (QED) is 0.775. The fourth-order valence-corrected chi connectivity index (χ4v) is 5.92. The lowest BCUT2D eigenvalue weighted by molar-refractivity contribution is -0.120. The van der Waals surface area contributed by atoms with Crippen molar-refractivity contribution < 1.29 is 13.2 Å². The summed E-state index contributed by atoms with van der Waals surface area (Å²) < 4.78 is 24.8. The van der Waals surface area contributed by atoms with Gasteiger partial charge in [-0.05, 0) is 19.4 Å². The van der Waals surface area contributed by atoms with E-state index in [-0.39, 0.29) is 23.2 Å². The normalized spacial score (nSPS) is 22.8. The number of aromatic nitrogens is 3. The second-order valence-corrected chi connectivity index (χ2v) is 9.89. The molecule has 3 rings (SSSR count). The number of carbonyl (C=O) groups is 1. The molecule has 0 saturated carbocycles. The number of fused-ring (bicyclic) bond motifs is 1. The molecule has 130 valence electrons. The number of nitrogens with zero attached hydrogens (tertiary/aromatic N) is 3. The first kappa shape index (κ1) is 17.8. The first-order valence-corrected chi connectivity index (χ1v) is 10.6. The van der Waals surface area contributed by atoms with Crippen molar-refractivity contribution in [3.05, 3.63) is 22.3 Å². The Hall–Kier alpha value is -1.03. The zero-order valence-electron chi connectivity index (χ0n) is 12.6. The molecule has 1 atom stereocenters. The van der Waals surface area contributed by atoms with Crippen LogP contribution in [-0.4, -0.2) is 51.7 Å². The molecule has 0 spiro atoms. The highest BCUT2D eigenvalue weighted by molar-refractivity contribution is 7.99. The van der Waals surface area contributed by atoms with Crippen LogP contribution in [-0.2, 0) is 14.6 Å². The van der Waals surface area contributed by atoms with Crippen LogP contribution in [0, 0.1) is 0 Å². The number of amides is 1. The van der Waals surface area contributed by atoms with Crippen LogP contribution in [0.3, 0.4) is 0 Å². The van der Waals surface area contributed by atoms with Gasteiger partial charge in [-0.25, -0.2) is 8.42 Å². The average molecular weight is 409 g/mol. The predicted molar refractivity (Wildman–Crippen MR) is 93.5 cm³/mol. The van der Waals surface area contributed by atoms with Crippen molar-refractivity contribution in [1.82, 2.24) is 19.9 Å². The Kier molecular flexibility index (Phi) is 4.71. The van der Waals surface area contributed by atoms with Crippen molar-refractivity contribution in [1.29, 1.82) is 0 Å². The molecule has 0 aliphatic carbocycles. The zero-order chi connectivity index (χ0) is 17.5. The van der Waals surface area contributed by atoms with Gasteiger partial charge in [0, 0.05) is 6.20 Å². The second kappa shape index (κ2) is 6.36. The number of nitrogens with one attached hydrogen (secondary N) is 1. The van der Waals surface area contributed by atoms with Gasteiger partial charge in [0.25, 0.3) is 0 Å². The summed E-state index contributed by atoms with van der Waals surface area (Å²) >= 11 is 13.2. The zero-order valence-corrected chi connectivity index (χ0v) is 15.8. The van der Waals surface area contributed by atoms with Crippen LogP contribution < -0.4 is 5.32 Å². The van der Waals surface area contributed by atoms with Crippen molar-refractivity contribution in [2.24, 2.45) is 0 Å². The Morgan fingerprint density at radius 1 is 1.46 bits per heavy atom. The molecule has 1 saturated heterocycles. The topological polar surface area (TPSA) is 93.4 Å². The highest BCUT2D eigenvalue weighted by atomic mass is 35.5. The van der Waals surface area contributed by atoms with E-state index in [1.807, 2.05) is 0 Å². The maximum absolute atomic E-state index is 12.1. The molecule has 2 aromatic heterocycles. The molecule has 2 aromatic rings. The van der Waals surface area contributed by atoms with Crippen molar-refractivity contribution >= 4 is 56.4 Å². The molecule has 0 unspecified atom stereocenters. The fraction of sp³-hybridized carbons (Fsp3) is 0.462. The van der Waals surface area contributed by atoms with E-state index in [9.17, 15) is 13.2 Å². The minimum atomic E-state index is -3.07. The highest BCUT2D eigenvalue weighted by Crippen LogP contribution is 2.26. The van der Waals surface area contributed by atoms with E-state index in [0.717, 1.165) is 0 Å². The lowest BCUT2D eigenvalue weighted by atomic mass is 10.0. The number of hydrogen-bond acceptors (Lipinski definition) is 6. The maximum atomic E-state index is 12.1. The van der Waals surface area contributed by atoms with Gasteiger partial charge in [-0.3, -0.25) is 9.20 Å². The fourth-order valence-electron chi connectivity index (χ4n) is 2.61. The standard InChI is InChI=1S/C13H14Cl2N4O3S2/c1-13(2-3-24(21,22)7-13)16-10(20)6-23-12-18-17-11-9(15)4-8(14)5-19(11)12/h4-5H,2-3,6-7H2,1H3,(H,16,20)/t13-/m1/s1. The lowest BCUT2D eigenvalue weighted by Crippen LogP contribution is -2.47. The Bertz CT molecular complexity index is 915. The van der Waals surface area contributed by atoms with Gasteiger partial charge in [-0.15, -0.1) is 10.2 Å². The summed E-state index contributed by atoms with van der Waals surface area (Å²) in [5.41, 5.74) is -0.256. The molecule has 1 N–H and O–H groups in total. The van der Waals surface area contributed by atoms with E-state index >= 15 is 0 Å². The third kappa shape index (κ3) is 3.79. The third-order valence-electron chi connectivity index (χ3n) is 3.67. The molecule has 11 heteroatoms. The van der Waals surface area contributed by atoms with Gasteiger partial charge in [0.1, 0.15) is 0 Å². The number of pyridine rings is 1. The Morgan fingerprint density at radius 2 is 2.21 bits per heavy atom. The Balaban J connectivity index is 1.67. The minimum absolute atomic E-state index is 0.0323. The summed E-state index contributed by atoms with van der Waals surface area (Å²) in [7, 11) is -3.07. The Morgan fingerprint density at radius 3 is 2.88 bits per heavy atom. The smallest absolute Gasteiger partial charge is 0.230 e. The molecular formula is C13H14Cl2N4O3S2. The van der Waals surface area contributed by atoms with E-state index in [2.05, 4.69) is 15.5 Å². The SMILES string of the molecule is C[C@@]1(NC(=O)CSc2nnc3c(Cl)cc(Cl)cn23)CCS(=O)(=O)C1. The van der Waals surface area contributed by atoms with Crippen LogP contribution in [0.5, 0.6) is 0 Å². The molecule has 1 aliphatic heterocycles. The molecule has 0 aromatic carbocycles. The largest absolute Gasteiger partial charge is 0.349 e. The van der Waals surface area contributed by atoms with E-state index in [0.29, 0.717) is 27.3 Å². The molecular weight excluding hydrogens is 395 g/mol. The van der Waals surface area contributed by atoms with Gasteiger partial charge in [0.05, 0.1) is 32.8 Å². The summed E-state index contributed by atoms with van der Waals surface area (Å²) in [5, 5.41) is 12.0. The molecule has 24 heavy (non-hydrogen) atoms. The lowest BCUT2D eigenvalue weighted by Gasteiger charge is -2.23. The number of sulfone groups is 1. The third-order valence-corrected chi connectivity index (χ3v) is 7.00. The van der Waals surface area contributed by atoms with Crippen LogP contribution in [0.4, 0.5) is 0 Å². The van der Waals surface area contributed by atoms with Crippen LogP contribution in [0.15, 0.2) is 17.4 Å². The van der Waals surface area contributed by atoms with Crippen LogP contribution in [0.2, 0.25) is 10.0 Å². The molecule has 1 aliphatic rings. The average Bonchev–Trinajstić information content (AvgIpc) is 2.97. The summed E-state index contributed by atoms with van der Waals surface area (Å²) in [6.07, 6.45) is 2.04. The van der Waals surface area contributed by atoms with Gasteiger partial charge in [-0.1, -0.05) is 35.0 Å². The first-order valence-electron chi connectivity index (χ1n) is 7.01. The Labute approximate surface area is 153 Å². The summed E-state index contributed by atoms with van der Waals surface area (Å²) in [6, 6.07) is 1.57. The molecule has 1 amide bonds. The highest BCUT2D eigenvalue weighted by Gasteiger charge is 2.39. The monoisotopic (exact) mass is 408 g/mol. The van der Waals surface area contributed by atoms with E-state index < -0.39 is 15.4 Å². The van der Waals surface area contributed by atoms with Gasteiger partial charge < -0.3 is 5.32 Å². The van der Waals surface area contributed by atoms with E-state index in [1.165, 1.54) is 11.8 Å². The number of halogens is 2. The van der Waals surface area contributed by atoms with Gasteiger partial charge in [-0.2, -0.15) is 0 Å². The first-order chi connectivity index (χ1) is 11.2. The van der Waals surface area contributed by atoms with E-state index in [4.69, 9.17) is 23.2 Å². The number of hydrogen-bond donors (Lipinski definition) is 1. The number of carbonyl (C=O) groups excluding carboxylic acids is 1. The summed E-state index contributed by atoms with van der Waals surface area (Å²) in [6.45, 7) is 1.74.